The number of hydrogen-bond donors (Lipinski definition) is 0. The van der Waals surface area contributed by atoms with E-state index >= 15 is 0 Å². The summed E-state index contributed by atoms with van der Waals surface area (Å²) < 4.78 is 1.40. The molecule has 0 aromatic heterocycles. The Kier molecular flexibility index (Phi) is 6.70. The Morgan fingerprint density at radius 1 is 1.17 bits per heavy atom. The molecule has 96 valence electrons. The summed E-state index contributed by atoms with van der Waals surface area (Å²) in [4.78, 5) is 11.9. The summed E-state index contributed by atoms with van der Waals surface area (Å²) in [6, 6.07) is 9.98. The van der Waals surface area contributed by atoms with Crippen molar-refractivity contribution in [2.24, 2.45) is 0 Å². The molecule has 0 saturated carbocycles. The van der Waals surface area contributed by atoms with Gasteiger partial charge in [-0.25, -0.2) is 0 Å². The Balaban J connectivity index is 2.45. The van der Waals surface area contributed by atoms with Crippen molar-refractivity contribution < 1.29 is 4.79 Å². The molecule has 1 aromatic carbocycles. The van der Waals surface area contributed by atoms with E-state index in [1.54, 1.807) is 0 Å². The molecular formula is C16H20OSe. The first-order valence-corrected chi connectivity index (χ1v) is 7.86. The van der Waals surface area contributed by atoms with Crippen molar-refractivity contribution in [3.05, 3.63) is 53.6 Å². The Morgan fingerprint density at radius 2 is 1.83 bits per heavy atom. The summed E-state index contributed by atoms with van der Waals surface area (Å²) in [5, 5.41) is 0. The zero-order chi connectivity index (χ0) is 13.4. The van der Waals surface area contributed by atoms with E-state index < -0.39 is 0 Å². The third kappa shape index (κ3) is 6.58. The number of carbonyl (C=O) groups is 1. The van der Waals surface area contributed by atoms with Gasteiger partial charge in [0, 0.05) is 0 Å². The van der Waals surface area contributed by atoms with E-state index in [0.717, 1.165) is 17.3 Å². The second kappa shape index (κ2) is 8.07. The van der Waals surface area contributed by atoms with Crippen LogP contribution in [0.1, 0.15) is 33.6 Å². The molecule has 0 aliphatic rings. The minimum absolute atomic E-state index is 0.0843. The summed E-state index contributed by atoms with van der Waals surface area (Å²) in [5.74, 6) is 0. The fourth-order valence-corrected chi connectivity index (χ4v) is 3.14. The van der Waals surface area contributed by atoms with E-state index in [2.05, 4.69) is 19.9 Å². The van der Waals surface area contributed by atoms with Crippen molar-refractivity contribution in [1.82, 2.24) is 0 Å². The van der Waals surface area contributed by atoms with Crippen LogP contribution < -0.4 is 4.46 Å². The molecule has 1 aromatic rings. The Bertz CT molecular complexity index is 439. The van der Waals surface area contributed by atoms with Gasteiger partial charge in [-0.05, 0) is 0 Å². The van der Waals surface area contributed by atoms with Crippen LogP contribution in [-0.4, -0.2) is 19.6 Å². The predicted molar refractivity (Wildman–Crippen MR) is 79.3 cm³/mol. The molecule has 2 heteroatoms. The van der Waals surface area contributed by atoms with Crippen LogP contribution in [0.3, 0.4) is 0 Å². The normalized spacial score (nSPS) is 11.2. The van der Waals surface area contributed by atoms with Crippen molar-refractivity contribution >= 4 is 24.1 Å². The Labute approximate surface area is 116 Å². The van der Waals surface area contributed by atoms with Crippen molar-refractivity contribution in [3.8, 4) is 0 Å². The molecule has 0 N–H and O–H groups in total. The minimum atomic E-state index is -0.0843. The van der Waals surface area contributed by atoms with Crippen molar-refractivity contribution in [1.29, 1.82) is 0 Å². The summed E-state index contributed by atoms with van der Waals surface area (Å²) in [5.41, 5.74) is 2.51. The van der Waals surface area contributed by atoms with E-state index in [4.69, 9.17) is 0 Å². The topological polar surface area (TPSA) is 17.1 Å². The van der Waals surface area contributed by atoms with Gasteiger partial charge in [-0.1, -0.05) is 0 Å². The molecule has 0 aliphatic heterocycles. The second-order valence-electron chi connectivity index (χ2n) is 4.54. The quantitative estimate of drug-likeness (QED) is 0.448. The van der Waals surface area contributed by atoms with Crippen LogP contribution in [0.2, 0.25) is 0 Å². The van der Waals surface area contributed by atoms with Crippen LogP contribution in [-0.2, 0) is 4.79 Å². The molecule has 0 atom stereocenters. The van der Waals surface area contributed by atoms with Crippen LogP contribution in [0.25, 0.3) is 0 Å². The van der Waals surface area contributed by atoms with Crippen LogP contribution in [0, 0.1) is 0 Å². The zero-order valence-electron chi connectivity index (χ0n) is 11.3. The van der Waals surface area contributed by atoms with Crippen molar-refractivity contribution in [2.75, 3.05) is 0 Å². The maximum absolute atomic E-state index is 11.9. The molecule has 1 rings (SSSR count). The first kappa shape index (κ1) is 14.9. The molecule has 0 aliphatic carbocycles. The van der Waals surface area contributed by atoms with Crippen LogP contribution in [0.5, 0.6) is 0 Å². The van der Waals surface area contributed by atoms with Crippen LogP contribution in [0.4, 0.5) is 0 Å². The first-order chi connectivity index (χ1) is 8.58. The number of carbonyl (C=O) groups excluding carboxylic acids is 1. The van der Waals surface area contributed by atoms with Gasteiger partial charge in [0.25, 0.3) is 0 Å². The van der Waals surface area contributed by atoms with Gasteiger partial charge >= 0.3 is 116 Å². The van der Waals surface area contributed by atoms with Crippen LogP contribution >= 0.6 is 0 Å². The average molecular weight is 307 g/mol. The average Bonchev–Trinajstić information content (AvgIpc) is 2.29. The summed E-state index contributed by atoms with van der Waals surface area (Å²) in [7, 11) is 0. The fraction of sp³-hybridized carbons (Fsp3) is 0.312. The van der Waals surface area contributed by atoms with Gasteiger partial charge in [-0.2, -0.15) is 0 Å². The van der Waals surface area contributed by atoms with Gasteiger partial charge in [0.15, 0.2) is 0 Å². The SMILES string of the molecule is CC(C)=CCC/C(C)=C/C(=O)[Se]c1ccccc1. The summed E-state index contributed by atoms with van der Waals surface area (Å²) >= 11 is -0.0843. The molecule has 0 saturated heterocycles. The Hall–Kier alpha value is -1.11. The van der Waals surface area contributed by atoms with Gasteiger partial charge < -0.3 is 0 Å². The molecule has 0 fully saturated rings. The van der Waals surface area contributed by atoms with E-state index in [-0.39, 0.29) is 19.6 Å². The van der Waals surface area contributed by atoms with Gasteiger partial charge in [0.1, 0.15) is 0 Å². The number of rotatable bonds is 6. The standard InChI is InChI=1S/C16H20OSe/c1-13(2)8-7-9-14(3)12-16(17)18-15-10-5-4-6-11-15/h4-6,8,10-12H,7,9H2,1-3H3/b14-12+. The van der Waals surface area contributed by atoms with Gasteiger partial charge in [0.05, 0.1) is 0 Å². The zero-order valence-corrected chi connectivity index (χ0v) is 13.0. The van der Waals surface area contributed by atoms with E-state index in [0.29, 0.717) is 0 Å². The molecule has 0 unspecified atom stereocenters. The third-order valence-corrected chi connectivity index (χ3v) is 4.15. The monoisotopic (exact) mass is 308 g/mol. The molecule has 0 amide bonds. The molecule has 1 nitrogen and oxygen atoms in total. The third-order valence-electron chi connectivity index (χ3n) is 2.42. The fourth-order valence-electron chi connectivity index (χ4n) is 1.50. The van der Waals surface area contributed by atoms with Crippen molar-refractivity contribution in [2.45, 2.75) is 33.6 Å². The predicted octanol–water partition coefficient (Wildman–Crippen LogP) is 3.24. The molecule has 0 radical (unpaired) electrons. The van der Waals surface area contributed by atoms with Gasteiger partial charge in [0.2, 0.25) is 0 Å². The molecular weight excluding hydrogens is 287 g/mol. The van der Waals surface area contributed by atoms with Gasteiger partial charge in [-0.3, -0.25) is 0 Å². The number of allylic oxidation sites excluding steroid dienone is 4. The maximum atomic E-state index is 11.9. The van der Waals surface area contributed by atoms with E-state index in [1.165, 1.54) is 11.1 Å². The van der Waals surface area contributed by atoms with E-state index in [9.17, 15) is 4.79 Å². The number of benzene rings is 1. The molecule has 0 spiro atoms. The second-order valence-corrected chi connectivity index (χ2v) is 6.81. The number of hydrogen-bond acceptors (Lipinski definition) is 1. The van der Waals surface area contributed by atoms with Gasteiger partial charge in [-0.15, -0.1) is 0 Å². The molecule has 0 bridgehead atoms. The Morgan fingerprint density at radius 3 is 2.44 bits per heavy atom. The van der Waals surface area contributed by atoms with Crippen molar-refractivity contribution in [3.63, 3.8) is 0 Å². The summed E-state index contributed by atoms with van der Waals surface area (Å²) in [6.45, 7) is 6.24. The van der Waals surface area contributed by atoms with Crippen LogP contribution in [0.15, 0.2) is 53.6 Å². The summed E-state index contributed by atoms with van der Waals surface area (Å²) in [6.07, 6.45) is 6.02. The van der Waals surface area contributed by atoms with E-state index in [1.807, 2.05) is 43.3 Å². The molecule has 0 heterocycles. The first-order valence-electron chi connectivity index (χ1n) is 6.15. The molecule has 18 heavy (non-hydrogen) atoms.